The van der Waals surface area contributed by atoms with Gasteiger partial charge in [-0.15, -0.1) is 0 Å². The molecule has 19 heavy (non-hydrogen) atoms. The molecule has 0 atom stereocenters. The third-order valence-corrected chi connectivity index (χ3v) is 4.39. The molecule has 1 saturated carbocycles. The molecule has 2 heterocycles. The topological polar surface area (TPSA) is 42.2 Å². The second-order valence-corrected chi connectivity index (χ2v) is 6.01. The molecule has 0 aliphatic heterocycles. The van der Waals surface area contributed by atoms with Crippen LogP contribution in [-0.2, 0) is 0 Å². The van der Waals surface area contributed by atoms with Gasteiger partial charge in [-0.2, -0.15) is 9.61 Å². The number of rotatable bonds is 3. The van der Waals surface area contributed by atoms with E-state index in [-0.39, 0.29) is 0 Å². The van der Waals surface area contributed by atoms with Gasteiger partial charge in [0.1, 0.15) is 5.82 Å². The molecule has 102 valence electrons. The van der Waals surface area contributed by atoms with E-state index >= 15 is 0 Å². The van der Waals surface area contributed by atoms with E-state index in [0.717, 1.165) is 22.5 Å². The highest BCUT2D eigenvalue weighted by Crippen LogP contribution is 2.33. The monoisotopic (exact) mass is 322 g/mol. The summed E-state index contributed by atoms with van der Waals surface area (Å²) in [6, 6.07) is 2.17. The maximum absolute atomic E-state index is 4.81. The maximum atomic E-state index is 4.81. The molecule has 5 heteroatoms. The summed E-state index contributed by atoms with van der Waals surface area (Å²) in [5, 5.41) is 7.75. The molecule has 2 aromatic heterocycles. The Morgan fingerprint density at radius 1 is 1.37 bits per heavy atom. The molecule has 0 unspecified atom stereocenters. The third-order valence-electron chi connectivity index (χ3n) is 3.83. The van der Waals surface area contributed by atoms with Crippen LogP contribution in [0.1, 0.15) is 50.6 Å². The predicted octanol–water partition coefficient (Wildman–Crippen LogP) is 3.97. The van der Waals surface area contributed by atoms with E-state index in [1.54, 1.807) is 0 Å². The first-order valence-electron chi connectivity index (χ1n) is 7.07. The molecule has 4 nitrogen and oxygen atoms in total. The van der Waals surface area contributed by atoms with Gasteiger partial charge in [-0.1, -0.05) is 19.3 Å². The van der Waals surface area contributed by atoms with E-state index in [4.69, 9.17) is 4.98 Å². The molecule has 0 bridgehead atoms. The van der Waals surface area contributed by atoms with Crippen molar-refractivity contribution < 1.29 is 0 Å². The van der Waals surface area contributed by atoms with Gasteiger partial charge in [0.2, 0.25) is 0 Å². The van der Waals surface area contributed by atoms with Gasteiger partial charge >= 0.3 is 0 Å². The SMILES string of the molecule is CCNc1cc(C2CCCCC2)nc2c(Br)cnn12. The minimum Gasteiger partial charge on any atom is -0.370 e. The van der Waals surface area contributed by atoms with Gasteiger partial charge < -0.3 is 5.32 Å². The van der Waals surface area contributed by atoms with Crippen LogP contribution in [-0.4, -0.2) is 21.1 Å². The molecule has 3 rings (SSSR count). The summed E-state index contributed by atoms with van der Waals surface area (Å²) in [5.74, 6) is 1.65. The fourth-order valence-electron chi connectivity index (χ4n) is 2.87. The lowest BCUT2D eigenvalue weighted by Crippen LogP contribution is -2.11. The zero-order valence-electron chi connectivity index (χ0n) is 11.2. The predicted molar refractivity (Wildman–Crippen MR) is 80.7 cm³/mol. The van der Waals surface area contributed by atoms with Crippen LogP contribution in [0.15, 0.2) is 16.7 Å². The molecule has 0 radical (unpaired) electrons. The van der Waals surface area contributed by atoms with E-state index in [1.165, 1.54) is 37.8 Å². The number of anilines is 1. The molecule has 1 aliphatic carbocycles. The standard InChI is InChI=1S/C14H19BrN4/c1-2-16-13-8-12(10-6-4-3-5-7-10)18-14-11(15)9-17-19(13)14/h8-10,16H,2-7H2,1H3. The fourth-order valence-corrected chi connectivity index (χ4v) is 3.22. The number of halogens is 1. The van der Waals surface area contributed by atoms with E-state index in [2.05, 4.69) is 39.3 Å². The quantitative estimate of drug-likeness (QED) is 0.929. The van der Waals surface area contributed by atoms with Crippen LogP contribution >= 0.6 is 15.9 Å². The van der Waals surface area contributed by atoms with Crippen molar-refractivity contribution in [2.24, 2.45) is 0 Å². The van der Waals surface area contributed by atoms with Crippen molar-refractivity contribution in [3.05, 3.63) is 22.4 Å². The van der Waals surface area contributed by atoms with E-state index in [1.807, 2.05) is 10.7 Å². The Bertz CT molecular complexity index is 572. The molecular formula is C14H19BrN4. The van der Waals surface area contributed by atoms with Crippen molar-refractivity contribution in [3.8, 4) is 0 Å². The lowest BCUT2D eigenvalue weighted by molar-refractivity contribution is 0.437. The first-order chi connectivity index (χ1) is 9.29. The van der Waals surface area contributed by atoms with Crippen molar-refractivity contribution in [1.29, 1.82) is 0 Å². The van der Waals surface area contributed by atoms with Crippen LogP contribution in [0.4, 0.5) is 5.82 Å². The summed E-state index contributed by atoms with van der Waals surface area (Å²) in [5.41, 5.74) is 2.13. The van der Waals surface area contributed by atoms with Crippen molar-refractivity contribution >= 4 is 27.4 Å². The van der Waals surface area contributed by atoms with E-state index < -0.39 is 0 Å². The number of aromatic nitrogens is 3. The van der Waals surface area contributed by atoms with Crippen molar-refractivity contribution in [2.75, 3.05) is 11.9 Å². The zero-order chi connectivity index (χ0) is 13.2. The minimum absolute atomic E-state index is 0.609. The summed E-state index contributed by atoms with van der Waals surface area (Å²) in [7, 11) is 0. The largest absolute Gasteiger partial charge is 0.370 e. The number of nitrogens with one attached hydrogen (secondary N) is 1. The number of fused-ring (bicyclic) bond motifs is 1. The second kappa shape index (κ2) is 5.49. The first-order valence-corrected chi connectivity index (χ1v) is 7.87. The van der Waals surface area contributed by atoms with Gasteiger partial charge in [0.25, 0.3) is 0 Å². The summed E-state index contributed by atoms with van der Waals surface area (Å²) in [6.45, 7) is 2.99. The third kappa shape index (κ3) is 2.48. The van der Waals surface area contributed by atoms with E-state index in [0.29, 0.717) is 5.92 Å². The molecule has 0 spiro atoms. The Balaban J connectivity index is 2.06. The molecule has 0 aromatic carbocycles. The normalized spacial score (nSPS) is 16.9. The Hall–Kier alpha value is -1.10. The Labute approximate surface area is 121 Å². The summed E-state index contributed by atoms with van der Waals surface area (Å²) < 4.78 is 2.84. The molecule has 1 N–H and O–H groups in total. The van der Waals surface area contributed by atoms with Gasteiger partial charge in [-0.3, -0.25) is 0 Å². The Morgan fingerprint density at radius 3 is 2.89 bits per heavy atom. The molecule has 1 fully saturated rings. The highest BCUT2D eigenvalue weighted by Gasteiger charge is 2.19. The molecule has 2 aromatic rings. The number of hydrogen-bond acceptors (Lipinski definition) is 3. The van der Waals surface area contributed by atoms with Gasteiger partial charge in [0, 0.05) is 24.2 Å². The van der Waals surface area contributed by atoms with Crippen LogP contribution < -0.4 is 5.32 Å². The molecular weight excluding hydrogens is 304 g/mol. The zero-order valence-corrected chi connectivity index (χ0v) is 12.8. The van der Waals surface area contributed by atoms with Crippen LogP contribution in [0.2, 0.25) is 0 Å². The highest BCUT2D eigenvalue weighted by atomic mass is 79.9. The molecule has 0 saturated heterocycles. The van der Waals surface area contributed by atoms with Crippen molar-refractivity contribution in [3.63, 3.8) is 0 Å². The van der Waals surface area contributed by atoms with Crippen molar-refractivity contribution in [2.45, 2.75) is 44.9 Å². The maximum Gasteiger partial charge on any atom is 0.171 e. The summed E-state index contributed by atoms with van der Waals surface area (Å²) in [4.78, 5) is 4.81. The van der Waals surface area contributed by atoms with E-state index in [9.17, 15) is 0 Å². The van der Waals surface area contributed by atoms with Crippen LogP contribution in [0, 0.1) is 0 Å². The molecule has 1 aliphatic rings. The second-order valence-electron chi connectivity index (χ2n) is 5.16. The molecule has 0 amide bonds. The Morgan fingerprint density at radius 2 is 2.16 bits per heavy atom. The van der Waals surface area contributed by atoms with Gasteiger partial charge in [-0.25, -0.2) is 4.98 Å². The van der Waals surface area contributed by atoms with Gasteiger partial charge in [0.05, 0.1) is 10.7 Å². The van der Waals surface area contributed by atoms with Crippen LogP contribution in [0.25, 0.3) is 5.65 Å². The van der Waals surface area contributed by atoms with Crippen LogP contribution in [0.5, 0.6) is 0 Å². The lowest BCUT2D eigenvalue weighted by atomic mass is 9.87. The smallest absolute Gasteiger partial charge is 0.171 e. The Kier molecular flexibility index (Phi) is 3.73. The fraction of sp³-hybridized carbons (Fsp3) is 0.571. The number of hydrogen-bond donors (Lipinski definition) is 1. The number of nitrogens with zero attached hydrogens (tertiary/aromatic N) is 3. The summed E-state index contributed by atoms with van der Waals surface area (Å²) >= 11 is 3.54. The van der Waals surface area contributed by atoms with Gasteiger partial charge in [-0.05, 0) is 35.7 Å². The highest BCUT2D eigenvalue weighted by molar-refractivity contribution is 9.10. The van der Waals surface area contributed by atoms with Gasteiger partial charge in [0.15, 0.2) is 5.65 Å². The van der Waals surface area contributed by atoms with Crippen LogP contribution in [0.3, 0.4) is 0 Å². The lowest BCUT2D eigenvalue weighted by Gasteiger charge is -2.22. The first kappa shape index (κ1) is 12.9. The summed E-state index contributed by atoms with van der Waals surface area (Å²) in [6.07, 6.45) is 8.37. The van der Waals surface area contributed by atoms with Crippen molar-refractivity contribution in [1.82, 2.24) is 14.6 Å². The average molecular weight is 323 g/mol. The average Bonchev–Trinajstić information content (AvgIpc) is 2.82. The minimum atomic E-state index is 0.609.